The lowest BCUT2D eigenvalue weighted by atomic mass is 9.82. The van der Waals surface area contributed by atoms with Crippen molar-refractivity contribution in [2.45, 2.75) is 25.9 Å². The molecule has 0 amide bonds. The molecular formula is C23H19NO2. The summed E-state index contributed by atoms with van der Waals surface area (Å²) in [5.41, 5.74) is 4.30. The van der Waals surface area contributed by atoms with Crippen LogP contribution < -0.4 is 0 Å². The Bertz CT molecular complexity index is 942. The summed E-state index contributed by atoms with van der Waals surface area (Å²) in [4.78, 5) is 0. The van der Waals surface area contributed by atoms with Crippen molar-refractivity contribution < 1.29 is 9.15 Å². The van der Waals surface area contributed by atoms with E-state index >= 15 is 0 Å². The third-order valence-corrected chi connectivity index (χ3v) is 4.89. The molecule has 0 bridgehead atoms. The Morgan fingerprint density at radius 2 is 1.46 bits per heavy atom. The fraction of sp³-hybridized carbons (Fsp3) is 0.174. The molecule has 3 aromatic rings. The van der Waals surface area contributed by atoms with Crippen LogP contribution in [0.3, 0.4) is 0 Å². The van der Waals surface area contributed by atoms with Crippen molar-refractivity contribution >= 4 is 5.76 Å². The predicted octanol–water partition coefficient (Wildman–Crippen LogP) is 5.50. The van der Waals surface area contributed by atoms with Crippen LogP contribution in [0.15, 0.2) is 76.9 Å². The summed E-state index contributed by atoms with van der Waals surface area (Å²) in [5.74, 6) is 1.11. The van der Waals surface area contributed by atoms with Gasteiger partial charge in [-0.25, -0.2) is 0 Å². The van der Waals surface area contributed by atoms with E-state index in [1.54, 1.807) is 12.3 Å². The van der Waals surface area contributed by atoms with E-state index in [1.165, 1.54) is 11.1 Å². The molecule has 26 heavy (non-hydrogen) atoms. The third kappa shape index (κ3) is 2.60. The molecule has 1 aromatic heterocycles. The smallest absolute Gasteiger partial charge is 0.177 e. The minimum Gasteiger partial charge on any atom is -0.472 e. The van der Waals surface area contributed by atoms with Crippen molar-refractivity contribution in [2.24, 2.45) is 0 Å². The molecule has 3 nitrogen and oxygen atoms in total. The number of furan rings is 1. The summed E-state index contributed by atoms with van der Waals surface area (Å²) in [5, 5.41) is 9.72. The van der Waals surface area contributed by atoms with Crippen molar-refractivity contribution in [3.63, 3.8) is 0 Å². The normalized spacial score (nSPS) is 15.6. The molecule has 0 aliphatic carbocycles. The van der Waals surface area contributed by atoms with E-state index in [-0.39, 0.29) is 0 Å². The van der Waals surface area contributed by atoms with Gasteiger partial charge in [0, 0.05) is 17.5 Å². The lowest BCUT2D eigenvalue weighted by Crippen LogP contribution is -2.27. The van der Waals surface area contributed by atoms with Gasteiger partial charge in [-0.15, -0.1) is 0 Å². The molecule has 0 saturated heterocycles. The summed E-state index contributed by atoms with van der Waals surface area (Å²) in [6.45, 7) is 4.12. The van der Waals surface area contributed by atoms with E-state index in [0.717, 1.165) is 11.1 Å². The Hall–Kier alpha value is -3.25. The van der Waals surface area contributed by atoms with Gasteiger partial charge in [-0.05, 0) is 26.0 Å². The Morgan fingerprint density at radius 3 is 1.92 bits per heavy atom. The number of nitriles is 1. The summed E-state index contributed by atoms with van der Waals surface area (Å²) < 4.78 is 12.0. The van der Waals surface area contributed by atoms with Crippen molar-refractivity contribution in [3.05, 3.63) is 101 Å². The second-order valence-corrected chi connectivity index (χ2v) is 6.73. The predicted molar refractivity (Wildman–Crippen MR) is 100 cm³/mol. The largest absolute Gasteiger partial charge is 0.472 e. The van der Waals surface area contributed by atoms with Gasteiger partial charge in [0.05, 0.1) is 17.9 Å². The zero-order chi connectivity index (χ0) is 18.1. The van der Waals surface area contributed by atoms with Crippen LogP contribution in [0.1, 0.15) is 34.4 Å². The maximum atomic E-state index is 9.72. The van der Waals surface area contributed by atoms with Crippen molar-refractivity contribution in [3.8, 4) is 6.07 Å². The Morgan fingerprint density at radius 1 is 0.885 bits per heavy atom. The summed E-state index contributed by atoms with van der Waals surface area (Å²) in [7, 11) is 0. The number of hydrogen-bond donors (Lipinski definition) is 0. The average Bonchev–Trinajstić information content (AvgIpc) is 3.31. The zero-order valence-corrected chi connectivity index (χ0v) is 14.8. The Labute approximate surface area is 153 Å². The Kier molecular flexibility index (Phi) is 3.89. The summed E-state index contributed by atoms with van der Waals surface area (Å²) in [6, 6.07) is 22.6. The lowest BCUT2D eigenvalue weighted by Gasteiger charge is -2.31. The first-order valence-electron chi connectivity index (χ1n) is 8.63. The lowest BCUT2D eigenvalue weighted by molar-refractivity contribution is 0.0975. The average molecular weight is 341 g/mol. The molecule has 0 radical (unpaired) electrons. The van der Waals surface area contributed by atoms with Crippen LogP contribution in [0.2, 0.25) is 0 Å². The highest BCUT2D eigenvalue weighted by Gasteiger charge is 2.45. The minimum atomic E-state index is -0.728. The Balaban J connectivity index is 1.87. The van der Waals surface area contributed by atoms with Gasteiger partial charge in [0.15, 0.2) is 17.1 Å². The van der Waals surface area contributed by atoms with Crippen LogP contribution >= 0.6 is 0 Å². The van der Waals surface area contributed by atoms with Gasteiger partial charge in [0.2, 0.25) is 0 Å². The summed E-state index contributed by atoms with van der Waals surface area (Å²) in [6.07, 6.45) is 2.07. The van der Waals surface area contributed by atoms with Gasteiger partial charge < -0.3 is 9.15 Å². The van der Waals surface area contributed by atoms with Gasteiger partial charge in [-0.3, -0.25) is 0 Å². The molecule has 0 saturated carbocycles. The highest BCUT2D eigenvalue weighted by Crippen LogP contribution is 2.49. The molecule has 2 aromatic carbocycles. The standard InChI is InChI=1S/C23H19NO2/c1-16-5-9-19(10-6-16)23(20-11-7-17(2)8-12-20)14-18(15-24)22(26-23)21-4-3-13-25-21/h3-13H,14H2,1-2H3. The molecule has 0 N–H and O–H groups in total. The SMILES string of the molecule is Cc1ccc(C2(c3ccc(C)cc3)CC(C#N)=C(c3ccco3)O2)cc1. The summed E-state index contributed by atoms with van der Waals surface area (Å²) >= 11 is 0. The number of benzene rings is 2. The number of hydrogen-bond acceptors (Lipinski definition) is 3. The van der Waals surface area contributed by atoms with Crippen LogP contribution in [-0.4, -0.2) is 0 Å². The molecule has 0 spiro atoms. The van der Waals surface area contributed by atoms with Crippen LogP contribution in [0.5, 0.6) is 0 Å². The van der Waals surface area contributed by atoms with Gasteiger partial charge in [0.1, 0.15) is 0 Å². The van der Waals surface area contributed by atoms with Crippen molar-refractivity contribution in [1.82, 2.24) is 0 Å². The van der Waals surface area contributed by atoms with Crippen molar-refractivity contribution in [2.75, 3.05) is 0 Å². The van der Waals surface area contributed by atoms with E-state index in [4.69, 9.17) is 9.15 Å². The molecule has 1 aliphatic heterocycles. The van der Waals surface area contributed by atoms with E-state index in [9.17, 15) is 5.26 Å². The molecule has 3 heteroatoms. The van der Waals surface area contributed by atoms with E-state index in [0.29, 0.717) is 23.5 Å². The van der Waals surface area contributed by atoms with Crippen LogP contribution in [-0.2, 0) is 10.3 Å². The topological polar surface area (TPSA) is 46.2 Å². The molecule has 0 atom stereocenters. The van der Waals surface area contributed by atoms with Crippen LogP contribution in [0.25, 0.3) is 5.76 Å². The number of nitrogens with zero attached hydrogens (tertiary/aromatic N) is 1. The fourth-order valence-electron chi connectivity index (χ4n) is 3.43. The van der Waals surface area contributed by atoms with E-state index < -0.39 is 5.60 Å². The molecule has 0 fully saturated rings. The van der Waals surface area contributed by atoms with Crippen LogP contribution in [0.4, 0.5) is 0 Å². The highest BCUT2D eigenvalue weighted by molar-refractivity contribution is 5.68. The number of rotatable bonds is 3. The van der Waals surface area contributed by atoms with Crippen LogP contribution in [0, 0.1) is 25.2 Å². The minimum absolute atomic E-state index is 0.478. The van der Waals surface area contributed by atoms with Crippen molar-refractivity contribution in [1.29, 1.82) is 5.26 Å². The number of ether oxygens (including phenoxy) is 1. The van der Waals surface area contributed by atoms with Gasteiger partial charge in [-0.2, -0.15) is 5.26 Å². The maximum absolute atomic E-state index is 9.72. The first-order chi connectivity index (χ1) is 12.6. The molecular weight excluding hydrogens is 322 g/mol. The quantitative estimate of drug-likeness (QED) is 0.632. The maximum Gasteiger partial charge on any atom is 0.177 e. The fourth-order valence-corrected chi connectivity index (χ4v) is 3.43. The zero-order valence-electron chi connectivity index (χ0n) is 14.8. The van der Waals surface area contributed by atoms with Gasteiger partial charge in [0.25, 0.3) is 0 Å². The first kappa shape index (κ1) is 16.2. The number of aryl methyl sites for hydroxylation is 2. The van der Waals surface area contributed by atoms with Gasteiger partial charge >= 0.3 is 0 Å². The van der Waals surface area contributed by atoms with E-state index in [2.05, 4.69) is 68.4 Å². The molecule has 0 unspecified atom stereocenters. The second kappa shape index (κ2) is 6.24. The van der Waals surface area contributed by atoms with E-state index in [1.807, 2.05) is 6.07 Å². The monoisotopic (exact) mass is 341 g/mol. The molecule has 2 heterocycles. The molecule has 128 valence electrons. The third-order valence-electron chi connectivity index (χ3n) is 4.89. The molecule has 1 aliphatic rings. The van der Waals surface area contributed by atoms with Gasteiger partial charge in [-0.1, -0.05) is 59.7 Å². The molecule has 4 rings (SSSR count). The second-order valence-electron chi connectivity index (χ2n) is 6.73. The highest BCUT2D eigenvalue weighted by atomic mass is 16.5. The first-order valence-corrected chi connectivity index (χ1v) is 8.63.